The Bertz CT molecular complexity index is 386. The molecule has 0 saturated heterocycles. The van der Waals surface area contributed by atoms with E-state index in [0.717, 1.165) is 24.2 Å². The summed E-state index contributed by atoms with van der Waals surface area (Å²) in [5.74, 6) is 0.687. The third-order valence-electron chi connectivity index (χ3n) is 3.00. The van der Waals surface area contributed by atoms with Crippen LogP contribution in [0.25, 0.3) is 0 Å². The Morgan fingerprint density at radius 2 is 2.00 bits per heavy atom. The molecule has 1 atom stereocenters. The molecule has 0 bridgehead atoms. The molecule has 0 fully saturated rings. The molecule has 100 valence electrons. The second-order valence-corrected chi connectivity index (χ2v) is 4.60. The molecule has 0 radical (unpaired) electrons. The fourth-order valence-electron chi connectivity index (χ4n) is 1.76. The molecule has 0 heterocycles. The van der Waals surface area contributed by atoms with Gasteiger partial charge in [0, 0.05) is 6.04 Å². The molecule has 1 aromatic rings. The number of benzene rings is 1. The summed E-state index contributed by atoms with van der Waals surface area (Å²) in [6, 6.07) is 7.97. The first kappa shape index (κ1) is 14.6. The highest BCUT2D eigenvalue weighted by atomic mass is 16.5. The van der Waals surface area contributed by atoms with Crippen LogP contribution < -0.4 is 10.1 Å². The van der Waals surface area contributed by atoms with E-state index in [1.54, 1.807) is 6.92 Å². The molecule has 0 spiro atoms. The van der Waals surface area contributed by atoms with Gasteiger partial charge in [-0.05, 0) is 44.4 Å². The Kier molecular flexibility index (Phi) is 5.69. The summed E-state index contributed by atoms with van der Waals surface area (Å²) in [5, 5.41) is 2.99. The second-order valence-electron chi connectivity index (χ2n) is 4.60. The number of hydrogen-bond acceptors (Lipinski definition) is 2. The number of carbonyl (C=O) groups is 1. The fourth-order valence-corrected chi connectivity index (χ4v) is 1.76. The minimum Gasteiger partial charge on any atom is -0.481 e. The van der Waals surface area contributed by atoms with Crippen molar-refractivity contribution in [2.45, 2.75) is 52.7 Å². The third kappa shape index (κ3) is 4.40. The van der Waals surface area contributed by atoms with E-state index >= 15 is 0 Å². The van der Waals surface area contributed by atoms with E-state index in [1.165, 1.54) is 0 Å². The van der Waals surface area contributed by atoms with Crippen molar-refractivity contribution in [3.63, 3.8) is 0 Å². The van der Waals surface area contributed by atoms with Crippen LogP contribution in [0.3, 0.4) is 0 Å². The van der Waals surface area contributed by atoms with E-state index in [4.69, 9.17) is 4.74 Å². The van der Waals surface area contributed by atoms with Crippen LogP contribution in [-0.2, 0) is 4.79 Å². The standard InChI is InChI=1S/C15H23NO2/c1-5-13(6-2)16-15(17)12(4)18-14-9-7-8-11(3)10-14/h7-10,12-13H,5-6H2,1-4H3,(H,16,17)/t12-/m0/s1. The van der Waals surface area contributed by atoms with Gasteiger partial charge in [0.2, 0.25) is 0 Å². The summed E-state index contributed by atoms with van der Waals surface area (Å²) in [7, 11) is 0. The summed E-state index contributed by atoms with van der Waals surface area (Å²) in [4.78, 5) is 11.9. The summed E-state index contributed by atoms with van der Waals surface area (Å²) < 4.78 is 5.63. The van der Waals surface area contributed by atoms with Gasteiger partial charge in [0.1, 0.15) is 5.75 Å². The number of aryl methyl sites for hydroxylation is 1. The van der Waals surface area contributed by atoms with E-state index in [1.807, 2.05) is 31.2 Å². The first-order chi connectivity index (χ1) is 8.56. The monoisotopic (exact) mass is 249 g/mol. The van der Waals surface area contributed by atoms with E-state index < -0.39 is 6.10 Å². The van der Waals surface area contributed by atoms with Crippen molar-refractivity contribution in [1.82, 2.24) is 5.32 Å². The molecule has 18 heavy (non-hydrogen) atoms. The Balaban J connectivity index is 2.54. The topological polar surface area (TPSA) is 38.3 Å². The van der Waals surface area contributed by atoms with Crippen molar-refractivity contribution in [3.8, 4) is 5.75 Å². The van der Waals surface area contributed by atoms with Crippen molar-refractivity contribution < 1.29 is 9.53 Å². The first-order valence-electron chi connectivity index (χ1n) is 6.60. The molecule has 1 rings (SSSR count). The Morgan fingerprint density at radius 1 is 1.33 bits per heavy atom. The maximum Gasteiger partial charge on any atom is 0.260 e. The van der Waals surface area contributed by atoms with Crippen molar-refractivity contribution in [3.05, 3.63) is 29.8 Å². The number of carbonyl (C=O) groups excluding carboxylic acids is 1. The number of nitrogens with one attached hydrogen (secondary N) is 1. The quantitative estimate of drug-likeness (QED) is 0.841. The number of ether oxygens (including phenoxy) is 1. The van der Waals surface area contributed by atoms with Gasteiger partial charge in [-0.25, -0.2) is 0 Å². The van der Waals surface area contributed by atoms with Gasteiger partial charge < -0.3 is 10.1 Å². The molecule has 1 amide bonds. The molecule has 0 aliphatic heterocycles. The SMILES string of the molecule is CCC(CC)NC(=O)[C@H](C)Oc1cccc(C)c1. The van der Waals surface area contributed by atoms with Gasteiger partial charge in [0.15, 0.2) is 6.10 Å². The average molecular weight is 249 g/mol. The Labute approximate surface area is 110 Å². The first-order valence-corrected chi connectivity index (χ1v) is 6.60. The minimum absolute atomic E-state index is 0.0507. The molecular weight excluding hydrogens is 226 g/mol. The molecular formula is C15H23NO2. The van der Waals surface area contributed by atoms with Crippen LogP contribution in [0.4, 0.5) is 0 Å². The van der Waals surface area contributed by atoms with Gasteiger partial charge in [0.05, 0.1) is 0 Å². The van der Waals surface area contributed by atoms with Crippen LogP contribution in [0, 0.1) is 6.92 Å². The summed E-state index contributed by atoms with van der Waals surface area (Å²) >= 11 is 0. The van der Waals surface area contributed by atoms with E-state index in [2.05, 4.69) is 19.2 Å². The molecule has 0 saturated carbocycles. The van der Waals surface area contributed by atoms with Gasteiger partial charge in [-0.3, -0.25) is 4.79 Å². The van der Waals surface area contributed by atoms with Crippen molar-refractivity contribution in [2.75, 3.05) is 0 Å². The van der Waals surface area contributed by atoms with E-state index in [9.17, 15) is 4.79 Å². The third-order valence-corrected chi connectivity index (χ3v) is 3.00. The van der Waals surface area contributed by atoms with Crippen LogP contribution in [0.15, 0.2) is 24.3 Å². The summed E-state index contributed by atoms with van der Waals surface area (Å²) in [5.41, 5.74) is 1.13. The average Bonchev–Trinajstić information content (AvgIpc) is 2.35. The summed E-state index contributed by atoms with van der Waals surface area (Å²) in [6.07, 6.45) is 1.42. The number of rotatable bonds is 6. The predicted octanol–water partition coefficient (Wildman–Crippen LogP) is 3.07. The van der Waals surface area contributed by atoms with Crippen LogP contribution in [0.5, 0.6) is 5.75 Å². The molecule has 0 aromatic heterocycles. The lowest BCUT2D eigenvalue weighted by Gasteiger charge is -2.19. The lowest BCUT2D eigenvalue weighted by molar-refractivity contribution is -0.128. The zero-order valence-electron chi connectivity index (χ0n) is 11.7. The highest BCUT2D eigenvalue weighted by Crippen LogP contribution is 2.14. The molecule has 0 aliphatic rings. The highest BCUT2D eigenvalue weighted by Gasteiger charge is 2.17. The van der Waals surface area contributed by atoms with Crippen molar-refractivity contribution >= 4 is 5.91 Å². The lowest BCUT2D eigenvalue weighted by Crippen LogP contribution is -2.42. The second kappa shape index (κ2) is 7.04. The number of hydrogen-bond donors (Lipinski definition) is 1. The van der Waals surface area contributed by atoms with Gasteiger partial charge in [-0.2, -0.15) is 0 Å². The molecule has 1 aromatic carbocycles. The van der Waals surface area contributed by atoms with Crippen LogP contribution >= 0.6 is 0 Å². The van der Waals surface area contributed by atoms with Gasteiger partial charge >= 0.3 is 0 Å². The smallest absolute Gasteiger partial charge is 0.260 e. The largest absolute Gasteiger partial charge is 0.481 e. The molecule has 0 aliphatic carbocycles. The number of amides is 1. The van der Waals surface area contributed by atoms with Crippen LogP contribution in [-0.4, -0.2) is 18.1 Å². The van der Waals surface area contributed by atoms with Crippen molar-refractivity contribution in [1.29, 1.82) is 0 Å². The zero-order chi connectivity index (χ0) is 13.5. The zero-order valence-corrected chi connectivity index (χ0v) is 11.7. The molecule has 3 heteroatoms. The lowest BCUT2D eigenvalue weighted by atomic mass is 10.1. The van der Waals surface area contributed by atoms with E-state index in [-0.39, 0.29) is 11.9 Å². The van der Waals surface area contributed by atoms with Crippen LogP contribution in [0.2, 0.25) is 0 Å². The molecule has 3 nitrogen and oxygen atoms in total. The van der Waals surface area contributed by atoms with Gasteiger partial charge in [-0.1, -0.05) is 26.0 Å². The predicted molar refractivity (Wildman–Crippen MR) is 73.8 cm³/mol. The Morgan fingerprint density at radius 3 is 2.56 bits per heavy atom. The van der Waals surface area contributed by atoms with Crippen LogP contribution in [0.1, 0.15) is 39.2 Å². The minimum atomic E-state index is -0.465. The normalized spacial score (nSPS) is 12.3. The molecule has 0 unspecified atom stereocenters. The maximum absolute atomic E-state index is 11.9. The maximum atomic E-state index is 11.9. The van der Waals surface area contributed by atoms with Gasteiger partial charge in [0.25, 0.3) is 5.91 Å². The van der Waals surface area contributed by atoms with Gasteiger partial charge in [-0.15, -0.1) is 0 Å². The van der Waals surface area contributed by atoms with E-state index in [0.29, 0.717) is 0 Å². The summed E-state index contributed by atoms with van der Waals surface area (Å²) in [6.45, 7) is 7.92. The Hall–Kier alpha value is -1.51. The van der Waals surface area contributed by atoms with Crippen molar-refractivity contribution in [2.24, 2.45) is 0 Å². The highest BCUT2D eigenvalue weighted by molar-refractivity contribution is 5.81. The fraction of sp³-hybridized carbons (Fsp3) is 0.533. The molecule has 1 N–H and O–H groups in total.